The lowest BCUT2D eigenvalue weighted by Gasteiger charge is -2.05. The molecule has 1 rings (SSSR count). The van der Waals surface area contributed by atoms with Crippen molar-refractivity contribution >= 4 is 18.0 Å². The highest BCUT2D eigenvalue weighted by atomic mass is 16.5. The predicted octanol–water partition coefficient (Wildman–Crippen LogP) is 1.55. The normalized spacial score (nSPS) is 10.5. The number of pyridine rings is 1. The van der Waals surface area contributed by atoms with Crippen LogP contribution >= 0.6 is 0 Å². The van der Waals surface area contributed by atoms with Gasteiger partial charge in [0.25, 0.3) is 0 Å². The number of hydrogen-bond acceptors (Lipinski definition) is 4. The van der Waals surface area contributed by atoms with Gasteiger partial charge in [0.2, 0.25) is 0 Å². The lowest BCUT2D eigenvalue weighted by Crippen LogP contribution is -2.03. The topological polar surface area (TPSA) is 76.5 Å². The van der Waals surface area contributed by atoms with Crippen LogP contribution in [0.1, 0.15) is 23.9 Å². The number of esters is 1. The van der Waals surface area contributed by atoms with Gasteiger partial charge in [-0.3, -0.25) is 4.79 Å². The van der Waals surface area contributed by atoms with Crippen molar-refractivity contribution in [2.75, 3.05) is 0 Å². The summed E-state index contributed by atoms with van der Waals surface area (Å²) in [5.74, 6) is -1.41. The van der Waals surface area contributed by atoms with Crippen molar-refractivity contribution in [2.24, 2.45) is 0 Å². The van der Waals surface area contributed by atoms with Gasteiger partial charge in [-0.05, 0) is 24.6 Å². The maximum absolute atomic E-state index is 10.7. The van der Waals surface area contributed by atoms with Crippen molar-refractivity contribution < 1.29 is 19.4 Å². The molecule has 0 atom stereocenters. The summed E-state index contributed by atoms with van der Waals surface area (Å²) in [5, 5.41) is 8.49. The summed E-state index contributed by atoms with van der Waals surface area (Å²) in [4.78, 5) is 25.2. The van der Waals surface area contributed by atoms with Gasteiger partial charge in [-0.1, -0.05) is 6.07 Å². The standard InChI is InChI=1S/C12H13NO4/c1-8-3-4-10(5-6-12(15)16)13-11(8)7-17-9(2)14/h3-6H,7H2,1-2H3,(H,15,16)/b6-5-. The van der Waals surface area contributed by atoms with E-state index in [2.05, 4.69) is 4.98 Å². The highest BCUT2D eigenvalue weighted by Crippen LogP contribution is 2.09. The number of aromatic nitrogens is 1. The molecule has 0 aliphatic rings. The Bertz CT molecular complexity index is 466. The van der Waals surface area contributed by atoms with E-state index in [9.17, 15) is 9.59 Å². The van der Waals surface area contributed by atoms with Crippen LogP contribution in [0.2, 0.25) is 0 Å². The molecule has 17 heavy (non-hydrogen) atoms. The zero-order chi connectivity index (χ0) is 12.8. The minimum Gasteiger partial charge on any atom is -0.478 e. The molecule has 1 heterocycles. The molecule has 0 saturated carbocycles. The van der Waals surface area contributed by atoms with E-state index in [1.54, 1.807) is 12.1 Å². The van der Waals surface area contributed by atoms with Crippen LogP contribution in [0.4, 0.5) is 0 Å². The summed E-state index contributed by atoms with van der Waals surface area (Å²) in [6.07, 6.45) is 2.40. The molecule has 1 N–H and O–H groups in total. The number of rotatable bonds is 4. The Balaban J connectivity index is 2.86. The fourth-order valence-electron chi connectivity index (χ4n) is 1.15. The molecule has 5 nitrogen and oxygen atoms in total. The zero-order valence-corrected chi connectivity index (χ0v) is 9.64. The summed E-state index contributed by atoms with van der Waals surface area (Å²) < 4.78 is 4.85. The smallest absolute Gasteiger partial charge is 0.328 e. The van der Waals surface area contributed by atoms with Crippen molar-refractivity contribution in [2.45, 2.75) is 20.5 Å². The Kier molecular flexibility index (Phi) is 4.39. The van der Waals surface area contributed by atoms with Gasteiger partial charge in [-0.25, -0.2) is 9.78 Å². The molecule has 1 aromatic rings. The summed E-state index contributed by atoms with van der Waals surface area (Å²) in [5.41, 5.74) is 2.02. The van der Waals surface area contributed by atoms with E-state index in [-0.39, 0.29) is 12.6 Å². The fraction of sp³-hybridized carbons (Fsp3) is 0.250. The number of aryl methyl sites for hydroxylation is 1. The molecule has 0 aliphatic carbocycles. The number of carbonyl (C=O) groups excluding carboxylic acids is 1. The van der Waals surface area contributed by atoms with Crippen LogP contribution in [0.3, 0.4) is 0 Å². The van der Waals surface area contributed by atoms with Gasteiger partial charge in [0.1, 0.15) is 6.61 Å². The molecule has 90 valence electrons. The van der Waals surface area contributed by atoms with Crippen molar-refractivity contribution in [3.63, 3.8) is 0 Å². The number of nitrogens with zero attached hydrogens (tertiary/aromatic N) is 1. The highest BCUT2D eigenvalue weighted by molar-refractivity contribution is 5.84. The molecule has 1 aromatic heterocycles. The van der Waals surface area contributed by atoms with E-state index in [1.165, 1.54) is 13.0 Å². The molecular formula is C12H13NO4. The van der Waals surface area contributed by atoms with Crippen LogP contribution in [-0.2, 0) is 20.9 Å². The summed E-state index contributed by atoms with van der Waals surface area (Å²) >= 11 is 0. The van der Waals surface area contributed by atoms with E-state index in [0.29, 0.717) is 11.4 Å². The quantitative estimate of drug-likeness (QED) is 0.633. The van der Waals surface area contributed by atoms with Crippen molar-refractivity contribution in [3.8, 4) is 0 Å². The molecule has 0 fully saturated rings. The number of aliphatic carboxylic acids is 1. The number of hydrogen-bond donors (Lipinski definition) is 1. The molecule has 0 radical (unpaired) electrons. The maximum Gasteiger partial charge on any atom is 0.328 e. The number of ether oxygens (including phenoxy) is 1. The van der Waals surface area contributed by atoms with Crippen LogP contribution in [0.15, 0.2) is 18.2 Å². The first-order valence-corrected chi connectivity index (χ1v) is 5.00. The third-order valence-electron chi connectivity index (χ3n) is 2.03. The van der Waals surface area contributed by atoms with Gasteiger partial charge in [-0.15, -0.1) is 0 Å². The third-order valence-corrected chi connectivity index (χ3v) is 2.03. The van der Waals surface area contributed by atoms with E-state index in [1.807, 2.05) is 6.92 Å². The average molecular weight is 235 g/mol. The van der Waals surface area contributed by atoms with Crippen LogP contribution in [0.25, 0.3) is 6.08 Å². The van der Waals surface area contributed by atoms with E-state index in [4.69, 9.17) is 9.84 Å². The first kappa shape index (κ1) is 12.9. The monoisotopic (exact) mass is 235 g/mol. The summed E-state index contributed by atoms with van der Waals surface area (Å²) in [7, 11) is 0. The first-order valence-electron chi connectivity index (χ1n) is 5.00. The second kappa shape index (κ2) is 5.79. The van der Waals surface area contributed by atoms with Crippen molar-refractivity contribution in [1.82, 2.24) is 4.98 Å². The molecule has 0 bridgehead atoms. The van der Waals surface area contributed by atoms with E-state index in [0.717, 1.165) is 11.6 Å². The molecule has 0 amide bonds. The molecule has 5 heteroatoms. The van der Waals surface area contributed by atoms with Crippen LogP contribution < -0.4 is 0 Å². The molecule has 0 unspecified atom stereocenters. The molecular weight excluding hydrogens is 222 g/mol. The van der Waals surface area contributed by atoms with Crippen LogP contribution in [-0.4, -0.2) is 22.0 Å². The Morgan fingerprint density at radius 1 is 1.47 bits per heavy atom. The second-order valence-electron chi connectivity index (χ2n) is 3.45. The van der Waals surface area contributed by atoms with E-state index >= 15 is 0 Å². The Morgan fingerprint density at radius 2 is 2.18 bits per heavy atom. The second-order valence-corrected chi connectivity index (χ2v) is 3.45. The fourth-order valence-corrected chi connectivity index (χ4v) is 1.15. The third kappa shape index (κ3) is 4.46. The highest BCUT2D eigenvalue weighted by Gasteiger charge is 2.03. The van der Waals surface area contributed by atoms with Gasteiger partial charge in [-0.2, -0.15) is 0 Å². The lowest BCUT2D eigenvalue weighted by molar-refractivity contribution is -0.142. The molecule has 0 aliphatic heterocycles. The first-order chi connectivity index (χ1) is 7.99. The number of carboxylic acids is 1. The summed E-state index contributed by atoms with van der Waals surface area (Å²) in [6, 6.07) is 3.50. The molecule has 0 saturated heterocycles. The Labute approximate surface area is 98.7 Å². The summed E-state index contributed by atoms with van der Waals surface area (Å²) in [6.45, 7) is 3.26. The van der Waals surface area contributed by atoms with Crippen molar-refractivity contribution in [3.05, 3.63) is 35.2 Å². The zero-order valence-electron chi connectivity index (χ0n) is 9.64. The SMILES string of the molecule is CC(=O)OCc1nc(/C=C\C(=O)O)ccc1C. The molecule has 0 aromatic carbocycles. The molecule has 0 spiro atoms. The lowest BCUT2D eigenvalue weighted by atomic mass is 10.2. The largest absolute Gasteiger partial charge is 0.478 e. The number of carboxylic acid groups (broad SMARTS) is 1. The van der Waals surface area contributed by atoms with Gasteiger partial charge < -0.3 is 9.84 Å². The van der Waals surface area contributed by atoms with E-state index < -0.39 is 5.97 Å². The van der Waals surface area contributed by atoms with Gasteiger partial charge in [0, 0.05) is 13.0 Å². The van der Waals surface area contributed by atoms with Crippen molar-refractivity contribution in [1.29, 1.82) is 0 Å². The Hall–Kier alpha value is -2.17. The average Bonchev–Trinajstić information content (AvgIpc) is 2.26. The predicted molar refractivity (Wildman–Crippen MR) is 61.1 cm³/mol. The minimum atomic E-state index is -1.03. The maximum atomic E-state index is 10.7. The van der Waals surface area contributed by atoms with Crippen LogP contribution in [0, 0.1) is 6.92 Å². The van der Waals surface area contributed by atoms with Gasteiger partial charge in [0.15, 0.2) is 0 Å². The minimum absolute atomic E-state index is 0.0932. The number of carbonyl (C=O) groups is 2. The van der Waals surface area contributed by atoms with Gasteiger partial charge >= 0.3 is 11.9 Å². The van der Waals surface area contributed by atoms with Crippen LogP contribution in [0.5, 0.6) is 0 Å². The Morgan fingerprint density at radius 3 is 2.76 bits per heavy atom. The van der Waals surface area contributed by atoms with Gasteiger partial charge in [0.05, 0.1) is 11.4 Å².